The Kier molecular flexibility index (Phi) is 4.33. The van der Waals surface area contributed by atoms with Gasteiger partial charge in [-0.05, 0) is 29.3 Å². The van der Waals surface area contributed by atoms with Gasteiger partial charge in [0.05, 0.1) is 0 Å². The van der Waals surface area contributed by atoms with Gasteiger partial charge < -0.3 is 10.6 Å². The van der Waals surface area contributed by atoms with E-state index in [-0.39, 0.29) is 11.8 Å². The van der Waals surface area contributed by atoms with Crippen molar-refractivity contribution in [3.63, 3.8) is 0 Å². The summed E-state index contributed by atoms with van der Waals surface area (Å²) in [5.74, 6) is -0.408. The van der Waals surface area contributed by atoms with Crippen molar-refractivity contribution in [2.24, 2.45) is 0 Å². The van der Waals surface area contributed by atoms with E-state index in [4.69, 9.17) is 11.6 Å². The highest BCUT2D eigenvalue weighted by atomic mass is 35.5. The Labute approximate surface area is 146 Å². The maximum absolute atomic E-state index is 12.7. The number of hydrogen-bond donors (Lipinski definition) is 2. The molecule has 4 nitrogen and oxygen atoms in total. The van der Waals surface area contributed by atoms with E-state index in [0.29, 0.717) is 17.1 Å². The fourth-order valence-corrected chi connectivity index (χ4v) is 3.20. The van der Waals surface area contributed by atoms with Crippen molar-refractivity contribution in [1.82, 2.24) is 10.6 Å². The monoisotopic (exact) mass is 342 g/mol. The van der Waals surface area contributed by atoms with Crippen LogP contribution in [-0.2, 0) is 16.8 Å². The van der Waals surface area contributed by atoms with Crippen molar-refractivity contribution in [2.75, 3.05) is 0 Å². The molecule has 5 heteroatoms. The number of benzene rings is 2. The molecule has 1 aliphatic heterocycles. The van der Waals surface area contributed by atoms with E-state index in [1.807, 2.05) is 44.2 Å². The molecule has 0 aromatic heterocycles. The quantitative estimate of drug-likeness (QED) is 0.900. The van der Waals surface area contributed by atoms with E-state index in [0.717, 1.165) is 11.1 Å². The molecule has 1 atom stereocenters. The van der Waals surface area contributed by atoms with Gasteiger partial charge in [0.2, 0.25) is 5.91 Å². The second-order valence-corrected chi connectivity index (χ2v) is 6.95. The SMILES string of the molecule is CC1(C)c2ccccc2C(=O)NC1C(=O)NCc1ccc(Cl)cc1. The van der Waals surface area contributed by atoms with Gasteiger partial charge >= 0.3 is 0 Å². The lowest BCUT2D eigenvalue weighted by atomic mass is 9.72. The number of hydrogen-bond acceptors (Lipinski definition) is 2. The first-order chi connectivity index (χ1) is 11.4. The summed E-state index contributed by atoms with van der Waals surface area (Å²) in [4.78, 5) is 25.0. The zero-order valence-electron chi connectivity index (χ0n) is 13.6. The lowest BCUT2D eigenvalue weighted by molar-refractivity contribution is -0.124. The Morgan fingerprint density at radius 3 is 2.54 bits per heavy atom. The van der Waals surface area contributed by atoms with Crippen molar-refractivity contribution in [1.29, 1.82) is 0 Å². The molecular weight excluding hydrogens is 324 g/mol. The molecule has 124 valence electrons. The highest BCUT2D eigenvalue weighted by molar-refractivity contribution is 6.30. The number of fused-ring (bicyclic) bond motifs is 1. The summed E-state index contributed by atoms with van der Waals surface area (Å²) in [6, 6.07) is 14.1. The van der Waals surface area contributed by atoms with E-state index in [9.17, 15) is 9.59 Å². The van der Waals surface area contributed by atoms with Crippen LogP contribution in [0, 0.1) is 0 Å². The van der Waals surface area contributed by atoms with Gasteiger partial charge in [-0.2, -0.15) is 0 Å². The molecule has 0 aliphatic carbocycles. The molecular formula is C19H19ClN2O2. The van der Waals surface area contributed by atoms with Crippen molar-refractivity contribution in [2.45, 2.75) is 31.8 Å². The van der Waals surface area contributed by atoms with Crippen molar-refractivity contribution < 1.29 is 9.59 Å². The molecule has 3 rings (SSSR count). The topological polar surface area (TPSA) is 58.2 Å². The van der Waals surface area contributed by atoms with Gasteiger partial charge in [-0.1, -0.05) is 55.8 Å². The molecule has 1 unspecified atom stereocenters. The molecule has 1 aliphatic rings. The number of carbonyl (C=O) groups excluding carboxylic acids is 2. The first-order valence-electron chi connectivity index (χ1n) is 7.82. The van der Waals surface area contributed by atoms with Crippen LogP contribution in [0.5, 0.6) is 0 Å². The van der Waals surface area contributed by atoms with E-state index in [1.165, 1.54) is 0 Å². The highest BCUT2D eigenvalue weighted by Crippen LogP contribution is 2.33. The van der Waals surface area contributed by atoms with Crippen LogP contribution in [0.1, 0.15) is 35.3 Å². The van der Waals surface area contributed by atoms with Gasteiger partial charge in [-0.3, -0.25) is 9.59 Å². The fraction of sp³-hybridized carbons (Fsp3) is 0.263. The van der Waals surface area contributed by atoms with Gasteiger partial charge in [-0.25, -0.2) is 0 Å². The summed E-state index contributed by atoms with van der Waals surface area (Å²) >= 11 is 5.86. The Hall–Kier alpha value is -2.33. The Bertz CT molecular complexity index is 784. The third-order valence-electron chi connectivity index (χ3n) is 4.51. The molecule has 0 saturated carbocycles. The van der Waals surface area contributed by atoms with Gasteiger partial charge in [0.15, 0.2) is 0 Å². The molecule has 2 aromatic rings. The second-order valence-electron chi connectivity index (χ2n) is 6.52. The third-order valence-corrected chi connectivity index (χ3v) is 4.76. The fourth-order valence-electron chi connectivity index (χ4n) is 3.07. The Morgan fingerprint density at radius 2 is 1.83 bits per heavy atom. The van der Waals surface area contributed by atoms with Crippen LogP contribution in [0.15, 0.2) is 48.5 Å². The number of carbonyl (C=O) groups is 2. The minimum atomic E-state index is -0.618. The molecule has 24 heavy (non-hydrogen) atoms. The average Bonchev–Trinajstić information content (AvgIpc) is 2.57. The van der Waals surface area contributed by atoms with Gasteiger partial charge in [0.25, 0.3) is 5.91 Å². The Morgan fingerprint density at radius 1 is 1.17 bits per heavy atom. The van der Waals surface area contributed by atoms with Crippen LogP contribution < -0.4 is 10.6 Å². The molecule has 2 aromatic carbocycles. The molecule has 1 heterocycles. The predicted octanol–water partition coefficient (Wildman–Crippen LogP) is 3.05. The van der Waals surface area contributed by atoms with Crippen LogP contribution in [-0.4, -0.2) is 17.9 Å². The van der Waals surface area contributed by atoms with Crippen LogP contribution in [0.25, 0.3) is 0 Å². The van der Waals surface area contributed by atoms with E-state index >= 15 is 0 Å². The molecule has 2 N–H and O–H groups in total. The minimum Gasteiger partial charge on any atom is -0.350 e. The first-order valence-corrected chi connectivity index (χ1v) is 8.20. The highest BCUT2D eigenvalue weighted by Gasteiger charge is 2.43. The maximum atomic E-state index is 12.7. The molecule has 0 saturated heterocycles. The third kappa shape index (κ3) is 3.02. The lowest BCUT2D eigenvalue weighted by Crippen LogP contribution is -2.59. The van der Waals surface area contributed by atoms with Crippen LogP contribution in [0.3, 0.4) is 0 Å². The minimum absolute atomic E-state index is 0.196. The van der Waals surface area contributed by atoms with Gasteiger partial charge in [-0.15, -0.1) is 0 Å². The van der Waals surface area contributed by atoms with Crippen LogP contribution >= 0.6 is 11.6 Å². The summed E-state index contributed by atoms with van der Waals surface area (Å²) in [6.45, 7) is 4.33. The second kappa shape index (κ2) is 6.29. The lowest BCUT2D eigenvalue weighted by Gasteiger charge is -2.39. The molecule has 0 spiro atoms. The molecule has 0 radical (unpaired) electrons. The van der Waals surface area contributed by atoms with Gasteiger partial charge in [0, 0.05) is 22.5 Å². The molecule has 0 fully saturated rings. The van der Waals surface area contributed by atoms with E-state index < -0.39 is 11.5 Å². The Balaban J connectivity index is 1.78. The van der Waals surface area contributed by atoms with E-state index in [1.54, 1.807) is 18.2 Å². The van der Waals surface area contributed by atoms with Gasteiger partial charge in [0.1, 0.15) is 6.04 Å². The number of amides is 2. The smallest absolute Gasteiger partial charge is 0.252 e. The summed E-state index contributed by atoms with van der Waals surface area (Å²) < 4.78 is 0. The zero-order valence-corrected chi connectivity index (χ0v) is 14.4. The number of nitrogens with one attached hydrogen (secondary N) is 2. The average molecular weight is 343 g/mol. The van der Waals surface area contributed by atoms with Crippen molar-refractivity contribution in [3.8, 4) is 0 Å². The van der Waals surface area contributed by atoms with Crippen LogP contribution in [0.2, 0.25) is 5.02 Å². The van der Waals surface area contributed by atoms with Crippen molar-refractivity contribution >= 4 is 23.4 Å². The largest absolute Gasteiger partial charge is 0.350 e. The summed E-state index contributed by atoms with van der Waals surface area (Å²) in [5, 5.41) is 6.39. The predicted molar refractivity (Wildman–Crippen MR) is 94.0 cm³/mol. The molecule has 0 bridgehead atoms. The molecule has 2 amide bonds. The maximum Gasteiger partial charge on any atom is 0.252 e. The van der Waals surface area contributed by atoms with Crippen molar-refractivity contribution in [3.05, 3.63) is 70.2 Å². The van der Waals surface area contributed by atoms with Crippen LogP contribution in [0.4, 0.5) is 0 Å². The van der Waals surface area contributed by atoms with E-state index in [2.05, 4.69) is 10.6 Å². The normalized spacial score (nSPS) is 18.5. The standard InChI is InChI=1S/C19H19ClN2O2/c1-19(2)15-6-4-3-5-14(15)17(23)22-16(19)18(24)21-11-12-7-9-13(20)10-8-12/h3-10,16H,11H2,1-2H3,(H,21,24)(H,22,23). The number of rotatable bonds is 3. The summed E-state index contributed by atoms with van der Waals surface area (Å²) in [6.07, 6.45) is 0. The summed E-state index contributed by atoms with van der Waals surface area (Å²) in [7, 11) is 0. The zero-order chi connectivity index (χ0) is 17.3. The summed E-state index contributed by atoms with van der Waals surface area (Å²) in [5.41, 5.74) is 1.98. The number of halogens is 1. The first kappa shape index (κ1) is 16.5.